The van der Waals surface area contributed by atoms with Crippen molar-refractivity contribution in [1.82, 2.24) is 0 Å². The molecule has 0 saturated carbocycles. The fraction of sp³-hybridized carbons (Fsp3) is 0.158. The summed E-state index contributed by atoms with van der Waals surface area (Å²) in [6.07, 6.45) is 0. The number of anilines is 1. The summed E-state index contributed by atoms with van der Waals surface area (Å²) >= 11 is 0. The second-order valence-corrected chi connectivity index (χ2v) is 5.84. The summed E-state index contributed by atoms with van der Waals surface area (Å²) in [5.41, 5.74) is 1.34. The van der Waals surface area contributed by atoms with Crippen LogP contribution < -0.4 is 10.7 Å². The van der Waals surface area contributed by atoms with E-state index in [1.807, 2.05) is 0 Å². The standard InChI is InChI=1S/C19H16FNO3/c1-11(2)19(23)21-14-7-8-17-15(9-14)16(22)10-18(24-17)12-3-5-13(20)6-4-12/h3-11H,1-2H3,(H,21,23). The van der Waals surface area contributed by atoms with Crippen molar-refractivity contribution in [3.63, 3.8) is 0 Å². The highest BCUT2D eigenvalue weighted by molar-refractivity contribution is 5.94. The second kappa shape index (κ2) is 6.28. The Balaban J connectivity index is 2.02. The highest BCUT2D eigenvalue weighted by atomic mass is 19.1. The van der Waals surface area contributed by atoms with Crippen molar-refractivity contribution in [1.29, 1.82) is 0 Å². The minimum atomic E-state index is -0.354. The smallest absolute Gasteiger partial charge is 0.226 e. The average molecular weight is 325 g/mol. The van der Waals surface area contributed by atoms with E-state index in [9.17, 15) is 14.0 Å². The van der Waals surface area contributed by atoms with E-state index in [0.29, 0.717) is 28.0 Å². The number of benzene rings is 2. The van der Waals surface area contributed by atoms with Gasteiger partial charge in [-0.05, 0) is 42.5 Å². The molecular weight excluding hydrogens is 309 g/mol. The predicted molar refractivity (Wildman–Crippen MR) is 91.3 cm³/mol. The number of fused-ring (bicyclic) bond motifs is 1. The van der Waals surface area contributed by atoms with Crippen molar-refractivity contribution in [3.05, 3.63) is 64.6 Å². The fourth-order valence-electron chi connectivity index (χ4n) is 2.28. The van der Waals surface area contributed by atoms with Crippen molar-refractivity contribution in [2.45, 2.75) is 13.8 Å². The molecule has 0 radical (unpaired) electrons. The van der Waals surface area contributed by atoms with Crippen molar-refractivity contribution in [3.8, 4) is 11.3 Å². The Morgan fingerprint density at radius 1 is 1.08 bits per heavy atom. The summed E-state index contributed by atoms with van der Waals surface area (Å²) in [6, 6.07) is 12.0. The zero-order chi connectivity index (χ0) is 17.3. The maximum Gasteiger partial charge on any atom is 0.226 e. The van der Waals surface area contributed by atoms with Crippen LogP contribution in [0.25, 0.3) is 22.3 Å². The third-order valence-electron chi connectivity index (χ3n) is 3.65. The first-order valence-electron chi connectivity index (χ1n) is 7.59. The number of halogens is 1. The van der Waals surface area contributed by atoms with Gasteiger partial charge in [-0.25, -0.2) is 4.39 Å². The van der Waals surface area contributed by atoms with Crippen LogP contribution in [0.15, 0.2) is 57.7 Å². The van der Waals surface area contributed by atoms with E-state index in [2.05, 4.69) is 5.32 Å². The molecule has 0 saturated heterocycles. The Kier molecular flexibility index (Phi) is 4.16. The van der Waals surface area contributed by atoms with Crippen LogP contribution in [0.2, 0.25) is 0 Å². The Hall–Kier alpha value is -2.95. The fourth-order valence-corrected chi connectivity index (χ4v) is 2.28. The average Bonchev–Trinajstić information content (AvgIpc) is 2.55. The molecule has 0 unspecified atom stereocenters. The second-order valence-electron chi connectivity index (χ2n) is 5.84. The number of rotatable bonds is 3. The molecule has 0 atom stereocenters. The molecule has 2 aromatic carbocycles. The zero-order valence-corrected chi connectivity index (χ0v) is 13.3. The molecule has 0 aliphatic rings. The SMILES string of the molecule is CC(C)C(=O)Nc1ccc2oc(-c3ccc(F)cc3)cc(=O)c2c1. The first-order valence-corrected chi connectivity index (χ1v) is 7.59. The molecule has 5 heteroatoms. The molecule has 4 nitrogen and oxygen atoms in total. The van der Waals surface area contributed by atoms with Gasteiger partial charge in [0.2, 0.25) is 5.91 Å². The van der Waals surface area contributed by atoms with Crippen LogP contribution in [0.4, 0.5) is 10.1 Å². The summed E-state index contributed by atoms with van der Waals surface area (Å²) in [5, 5.41) is 3.13. The molecule has 1 N–H and O–H groups in total. The van der Waals surface area contributed by atoms with Gasteiger partial charge in [0.1, 0.15) is 17.2 Å². The monoisotopic (exact) mass is 325 g/mol. The van der Waals surface area contributed by atoms with E-state index < -0.39 is 0 Å². The number of carbonyl (C=O) groups excluding carboxylic acids is 1. The normalized spacial score (nSPS) is 11.0. The zero-order valence-electron chi connectivity index (χ0n) is 13.3. The van der Waals surface area contributed by atoms with Gasteiger partial charge in [-0.1, -0.05) is 13.8 Å². The van der Waals surface area contributed by atoms with Crippen LogP contribution in [-0.4, -0.2) is 5.91 Å². The van der Waals surface area contributed by atoms with Crippen LogP contribution in [0.1, 0.15) is 13.8 Å². The lowest BCUT2D eigenvalue weighted by Gasteiger charge is -2.09. The number of nitrogens with one attached hydrogen (secondary N) is 1. The molecule has 24 heavy (non-hydrogen) atoms. The van der Waals surface area contributed by atoms with Gasteiger partial charge in [0.15, 0.2) is 5.43 Å². The van der Waals surface area contributed by atoms with Crippen LogP contribution in [0.5, 0.6) is 0 Å². The van der Waals surface area contributed by atoms with E-state index in [1.54, 1.807) is 44.2 Å². The number of hydrogen-bond acceptors (Lipinski definition) is 3. The molecule has 1 amide bonds. The summed E-state index contributed by atoms with van der Waals surface area (Å²) in [5.74, 6) is -0.265. The van der Waals surface area contributed by atoms with Gasteiger partial charge in [-0.15, -0.1) is 0 Å². The van der Waals surface area contributed by atoms with E-state index in [1.165, 1.54) is 18.2 Å². The van der Waals surface area contributed by atoms with Crippen molar-refractivity contribution < 1.29 is 13.6 Å². The maximum atomic E-state index is 13.0. The minimum absolute atomic E-state index is 0.123. The molecular formula is C19H16FNO3. The van der Waals surface area contributed by atoms with Gasteiger partial charge in [-0.3, -0.25) is 9.59 Å². The molecule has 1 heterocycles. The lowest BCUT2D eigenvalue weighted by Crippen LogP contribution is -2.17. The van der Waals surface area contributed by atoms with Crippen molar-refractivity contribution in [2.75, 3.05) is 5.32 Å². The molecule has 0 spiro atoms. The van der Waals surface area contributed by atoms with Gasteiger partial charge in [-0.2, -0.15) is 0 Å². The molecule has 0 aliphatic heterocycles. The van der Waals surface area contributed by atoms with Crippen LogP contribution in [-0.2, 0) is 4.79 Å². The van der Waals surface area contributed by atoms with Gasteiger partial charge in [0.05, 0.1) is 5.39 Å². The molecule has 0 fully saturated rings. The summed E-state index contributed by atoms with van der Waals surface area (Å²) in [4.78, 5) is 24.1. The maximum absolute atomic E-state index is 13.0. The Morgan fingerprint density at radius 3 is 2.46 bits per heavy atom. The first kappa shape index (κ1) is 15.9. The highest BCUT2D eigenvalue weighted by Crippen LogP contribution is 2.24. The number of amides is 1. The molecule has 0 aliphatic carbocycles. The molecule has 1 aromatic heterocycles. The van der Waals surface area contributed by atoms with Gasteiger partial charge < -0.3 is 9.73 Å². The van der Waals surface area contributed by atoms with Crippen molar-refractivity contribution in [2.24, 2.45) is 5.92 Å². The van der Waals surface area contributed by atoms with Crippen LogP contribution in [0.3, 0.4) is 0 Å². The third-order valence-corrected chi connectivity index (χ3v) is 3.65. The van der Waals surface area contributed by atoms with Gasteiger partial charge >= 0.3 is 0 Å². The quantitative estimate of drug-likeness (QED) is 0.785. The topological polar surface area (TPSA) is 59.3 Å². The molecule has 0 bridgehead atoms. The lowest BCUT2D eigenvalue weighted by molar-refractivity contribution is -0.118. The summed E-state index contributed by atoms with van der Waals surface area (Å²) in [6.45, 7) is 3.58. The Labute approximate surface area is 137 Å². The lowest BCUT2D eigenvalue weighted by atomic mass is 10.1. The van der Waals surface area contributed by atoms with E-state index in [-0.39, 0.29) is 23.1 Å². The van der Waals surface area contributed by atoms with Gasteiger partial charge in [0, 0.05) is 23.2 Å². The predicted octanol–water partition coefficient (Wildman–Crippen LogP) is 4.19. The Morgan fingerprint density at radius 2 is 1.79 bits per heavy atom. The molecule has 3 rings (SSSR count). The first-order chi connectivity index (χ1) is 11.4. The van der Waals surface area contributed by atoms with Crippen LogP contribution >= 0.6 is 0 Å². The summed E-state index contributed by atoms with van der Waals surface area (Å²) in [7, 11) is 0. The number of carbonyl (C=O) groups is 1. The van der Waals surface area contributed by atoms with E-state index in [0.717, 1.165) is 0 Å². The number of hydrogen-bond donors (Lipinski definition) is 1. The van der Waals surface area contributed by atoms with Crippen LogP contribution in [0, 0.1) is 11.7 Å². The van der Waals surface area contributed by atoms with Crippen molar-refractivity contribution >= 4 is 22.6 Å². The Bertz CT molecular complexity index is 959. The third kappa shape index (κ3) is 3.20. The molecule has 3 aromatic rings. The van der Waals surface area contributed by atoms with E-state index in [4.69, 9.17) is 4.42 Å². The molecule has 122 valence electrons. The largest absolute Gasteiger partial charge is 0.456 e. The van der Waals surface area contributed by atoms with Gasteiger partial charge in [0.25, 0.3) is 0 Å². The summed E-state index contributed by atoms with van der Waals surface area (Å²) < 4.78 is 18.8. The highest BCUT2D eigenvalue weighted by Gasteiger charge is 2.11. The van der Waals surface area contributed by atoms with E-state index >= 15 is 0 Å². The minimum Gasteiger partial charge on any atom is -0.456 e.